The Bertz CT molecular complexity index is 1210. The largest absolute Gasteiger partial charge is 0.361 e. The minimum atomic E-state index is -1.19. The van der Waals surface area contributed by atoms with Crippen LogP contribution in [0.2, 0.25) is 25.7 Å². The zero-order valence-electron chi connectivity index (χ0n) is 18.8. The maximum atomic E-state index is 13.8. The molecule has 5 nitrogen and oxygen atoms in total. The van der Waals surface area contributed by atoms with Crippen molar-refractivity contribution in [3.8, 4) is 0 Å². The monoisotopic (exact) mass is 465 g/mol. The van der Waals surface area contributed by atoms with Crippen LogP contribution in [-0.2, 0) is 33.7 Å². The van der Waals surface area contributed by atoms with E-state index in [0.717, 1.165) is 34.0 Å². The minimum absolute atomic E-state index is 0.0915. The molecule has 0 saturated heterocycles. The highest BCUT2D eigenvalue weighted by Crippen LogP contribution is 2.49. The summed E-state index contributed by atoms with van der Waals surface area (Å²) in [6, 6.07) is 13.4. The van der Waals surface area contributed by atoms with Crippen LogP contribution in [0, 0.1) is 0 Å². The lowest BCUT2D eigenvalue weighted by atomic mass is 9.79. The fourth-order valence-electron chi connectivity index (χ4n) is 4.87. The molecule has 32 heavy (non-hydrogen) atoms. The smallest absolute Gasteiger partial charge is 0.241 e. The van der Waals surface area contributed by atoms with Gasteiger partial charge in [-0.15, -0.1) is 11.6 Å². The van der Waals surface area contributed by atoms with Gasteiger partial charge in [0.1, 0.15) is 12.5 Å². The highest BCUT2D eigenvalue weighted by molar-refractivity contribution is 6.76. The number of nitrogens with zero attached hydrogens (tertiary/aromatic N) is 3. The molecule has 0 N–H and O–H groups in total. The number of rotatable bonds is 6. The van der Waals surface area contributed by atoms with Crippen molar-refractivity contribution in [1.82, 2.24) is 9.97 Å². The van der Waals surface area contributed by atoms with Crippen LogP contribution < -0.4 is 4.90 Å². The number of anilines is 1. The van der Waals surface area contributed by atoms with Crippen molar-refractivity contribution in [2.45, 2.75) is 49.8 Å². The molecule has 1 spiro atoms. The van der Waals surface area contributed by atoms with Gasteiger partial charge in [-0.1, -0.05) is 31.8 Å². The SMILES string of the molecule is C[Si](C)(C)CCOCN1C(=O)[C@]2(Cc3cc4ccc(CCl)nc4cc3C2)c2cccnc21. The number of pyridine rings is 2. The lowest BCUT2D eigenvalue weighted by Gasteiger charge is -2.23. The number of ether oxygens (including phenoxy) is 1. The molecule has 1 aliphatic heterocycles. The van der Waals surface area contributed by atoms with Crippen molar-refractivity contribution < 1.29 is 9.53 Å². The predicted molar refractivity (Wildman–Crippen MR) is 131 cm³/mol. The summed E-state index contributed by atoms with van der Waals surface area (Å²) in [5.74, 6) is 1.22. The van der Waals surface area contributed by atoms with Crippen LogP contribution in [0.3, 0.4) is 0 Å². The van der Waals surface area contributed by atoms with Gasteiger partial charge >= 0.3 is 0 Å². The number of fused-ring (bicyclic) bond motifs is 4. The molecule has 3 aromatic rings. The molecule has 0 unspecified atom stereocenters. The summed E-state index contributed by atoms with van der Waals surface area (Å²) in [6.45, 7) is 7.92. The summed E-state index contributed by atoms with van der Waals surface area (Å²) >= 11 is 5.98. The van der Waals surface area contributed by atoms with Crippen molar-refractivity contribution >= 4 is 42.3 Å². The van der Waals surface area contributed by atoms with Gasteiger partial charge in [-0.25, -0.2) is 4.98 Å². The number of aromatic nitrogens is 2. The summed E-state index contributed by atoms with van der Waals surface area (Å²) in [5, 5.41) is 1.08. The highest BCUT2D eigenvalue weighted by atomic mass is 35.5. The molecule has 1 atom stereocenters. The number of amides is 1. The van der Waals surface area contributed by atoms with Gasteiger partial charge in [0.25, 0.3) is 0 Å². The van der Waals surface area contributed by atoms with Crippen LogP contribution in [0.15, 0.2) is 42.6 Å². The third kappa shape index (κ3) is 3.64. The Kier molecular flexibility index (Phi) is 5.35. The van der Waals surface area contributed by atoms with Gasteiger partial charge in [-0.05, 0) is 54.3 Å². The van der Waals surface area contributed by atoms with Crippen LogP contribution in [0.1, 0.15) is 22.4 Å². The number of carbonyl (C=O) groups is 1. The summed E-state index contributed by atoms with van der Waals surface area (Å²) in [4.78, 5) is 24.8. The van der Waals surface area contributed by atoms with Crippen molar-refractivity contribution in [2.24, 2.45) is 0 Å². The van der Waals surface area contributed by atoms with Crippen LogP contribution >= 0.6 is 11.6 Å². The molecule has 7 heteroatoms. The molecule has 2 aliphatic rings. The Morgan fingerprint density at radius 1 is 1.16 bits per heavy atom. The Labute approximate surface area is 194 Å². The van der Waals surface area contributed by atoms with Crippen molar-refractivity contribution in [3.63, 3.8) is 0 Å². The lowest BCUT2D eigenvalue weighted by Crippen LogP contribution is -2.42. The maximum absolute atomic E-state index is 13.8. The van der Waals surface area contributed by atoms with E-state index in [4.69, 9.17) is 16.3 Å². The van der Waals surface area contributed by atoms with Gasteiger partial charge in [0, 0.05) is 31.8 Å². The van der Waals surface area contributed by atoms with Gasteiger partial charge in [0.15, 0.2) is 0 Å². The number of alkyl halides is 1. The number of hydrogen-bond donors (Lipinski definition) is 0. The van der Waals surface area contributed by atoms with E-state index in [1.54, 1.807) is 11.1 Å². The second-order valence-corrected chi connectivity index (χ2v) is 16.0. The fraction of sp³-hybridized carbons (Fsp3) is 0.400. The first kappa shape index (κ1) is 21.6. The minimum Gasteiger partial charge on any atom is -0.361 e. The zero-order valence-corrected chi connectivity index (χ0v) is 20.6. The van der Waals surface area contributed by atoms with E-state index in [1.165, 1.54) is 11.1 Å². The molecule has 166 valence electrons. The van der Waals surface area contributed by atoms with Crippen molar-refractivity contribution in [1.29, 1.82) is 0 Å². The Hall–Kier alpha value is -2.28. The third-order valence-electron chi connectivity index (χ3n) is 6.62. The molecule has 1 amide bonds. The zero-order chi connectivity index (χ0) is 22.5. The predicted octanol–water partition coefficient (Wildman–Crippen LogP) is 5.06. The van der Waals surface area contributed by atoms with E-state index in [9.17, 15) is 4.79 Å². The Balaban J connectivity index is 1.46. The van der Waals surface area contributed by atoms with Crippen molar-refractivity contribution in [2.75, 3.05) is 18.2 Å². The summed E-state index contributed by atoms with van der Waals surface area (Å²) < 4.78 is 5.97. The second-order valence-electron chi connectivity index (χ2n) is 10.1. The van der Waals surface area contributed by atoms with E-state index < -0.39 is 13.5 Å². The summed E-state index contributed by atoms with van der Waals surface area (Å²) in [6.07, 6.45) is 3.10. The highest BCUT2D eigenvalue weighted by Gasteiger charge is 2.54. The Morgan fingerprint density at radius 3 is 2.69 bits per heavy atom. The van der Waals surface area contributed by atoms with Gasteiger partial charge in [0.2, 0.25) is 5.91 Å². The fourth-order valence-corrected chi connectivity index (χ4v) is 5.78. The molecular formula is C25H28ClN3O2Si. The number of halogens is 1. The first-order valence-corrected chi connectivity index (χ1v) is 15.4. The topological polar surface area (TPSA) is 55.3 Å². The molecule has 0 fully saturated rings. The molecule has 5 rings (SSSR count). The van der Waals surface area contributed by atoms with E-state index in [-0.39, 0.29) is 12.6 Å². The third-order valence-corrected chi connectivity index (χ3v) is 8.60. The van der Waals surface area contributed by atoms with Gasteiger partial charge in [0.05, 0.1) is 22.5 Å². The maximum Gasteiger partial charge on any atom is 0.241 e. The average molecular weight is 466 g/mol. The average Bonchev–Trinajstić information content (AvgIpc) is 3.24. The Morgan fingerprint density at radius 2 is 1.94 bits per heavy atom. The van der Waals surface area contributed by atoms with E-state index >= 15 is 0 Å². The summed E-state index contributed by atoms with van der Waals surface area (Å²) in [5.41, 5.74) is 4.58. The molecule has 0 saturated carbocycles. The van der Waals surface area contributed by atoms with E-state index in [2.05, 4.69) is 53.9 Å². The lowest BCUT2D eigenvalue weighted by molar-refractivity contribution is -0.124. The van der Waals surface area contributed by atoms with E-state index in [0.29, 0.717) is 25.3 Å². The quantitative estimate of drug-likeness (QED) is 0.290. The molecule has 1 aliphatic carbocycles. The summed E-state index contributed by atoms with van der Waals surface area (Å²) in [7, 11) is -1.19. The molecule has 1 aromatic carbocycles. The molecular weight excluding hydrogens is 438 g/mol. The number of carbonyl (C=O) groups excluding carboxylic acids is 1. The van der Waals surface area contributed by atoms with Gasteiger partial charge < -0.3 is 4.74 Å². The molecule has 0 bridgehead atoms. The van der Waals surface area contributed by atoms with Gasteiger partial charge in [-0.3, -0.25) is 14.7 Å². The first-order chi connectivity index (χ1) is 15.3. The van der Waals surface area contributed by atoms with Crippen LogP contribution in [0.4, 0.5) is 5.82 Å². The van der Waals surface area contributed by atoms with Crippen LogP contribution in [0.25, 0.3) is 10.9 Å². The molecule has 2 aromatic heterocycles. The number of benzene rings is 1. The molecule has 0 radical (unpaired) electrons. The normalized spacial score (nSPS) is 19.8. The van der Waals surface area contributed by atoms with Crippen LogP contribution in [-0.4, -0.2) is 37.3 Å². The van der Waals surface area contributed by atoms with Crippen LogP contribution in [0.5, 0.6) is 0 Å². The molecule has 3 heterocycles. The first-order valence-electron chi connectivity index (χ1n) is 11.1. The second kappa shape index (κ2) is 7.94. The number of hydrogen-bond acceptors (Lipinski definition) is 4. The standard InChI is InChI=1S/C25H28ClN3O2Si/c1-32(2,3)10-9-31-16-29-23-21(5-4-8-27-23)25(24(29)30)13-18-11-17-6-7-20(15-26)28-22(17)12-19(18)14-25/h4-8,11-12H,9-10,13-16H2,1-3H3/t25-/m0/s1. The van der Waals surface area contributed by atoms with E-state index in [1.807, 2.05) is 12.1 Å². The van der Waals surface area contributed by atoms with Gasteiger partial charge in [-0.2, -0.15) is 0 Å². The van der Waals surface area contributed by atoms with Crippen molar-refractivity contribution in [3.05, 3.63) is 65.0 Å².